The molecule has 3 fully saturated rings. The minimum atomic E-state index is -2.00. The first kappa shape index (κ1) is 37.6. The second-order valence-corrected chi connectivity index (χ2v) is 16.3. The quantitative estimate of drug-likeness (QED) is 0.164. The van der Waals surface area contributed by atoms with E-state index in [-0.39, 0.29) is 6.42 Å². The Labute approximate surface area is 304 Å². The molecule has 52 heavy (non-hydrogen) atoms. The van der Waals surface area contributed by atoms with Crippen molar-refractivity contribution in [2.24, 2.45) is 39.9 Å². The smallest absolute Gasteiger partial charge is 0.347 e. The molecule has 3 bridgehead atoms. The number of ether oxygens (including phenoxy) is 6. The van der Waals surface area contributed by atoms with Crippen LogP contribution in [0.3, 0.4) is 0 Å². The fraction of sp³-hybridized carbons (Fsp3) is 0.625. The van der Waals surface area contributed by atoms with Gasteiger partial charge in [-0.3, -0.25) is 9.59 Å². The zero-order valence-corrected chi connectivity index (χ0v) is 31.6. The Morgan fingerprint density at radius 3 is 2.31 bits per heavy atom. The number of carbonyl (C=O) groups is 5. The van der Waals surface area contributed by atoms with E-state index in [0.717, 1.165) is 0 Å². The van der Waals surface area contributed by atoms with E-state index >= 15 is 0 Å². The highest BCUT2D eigenvalue weighted by atomic mass is 16.7. The number of rotatable bonds is 9. The molecule has 0 unspecified atom stereocenters. The van der Waals surface area contributed by atoms with Crippen LogP contribution in [0.15, 0.2) is 58.0 Å². The first-order valence-corrected chi connectivity index (χ1v) is 18.1. The van der Waals surface area contributed by atoms with Crippen LogP contribution in [0.1, 0.15) is 93.2 Å². The molecule has 1 aromatic heterocycles. The van der Waals surface area contributed by atoms with Crippen LogP contribution in [0.25, 0.3) is 0 Å². The van der Waals surface area contributed by atoms with Crippen molar-refractivity contribution in [1.29, 1.82) is 0 Å². The highest BCUT2D eigenvalue weighted by molar-refractivity contribution is 5.88. The number of hydrogen-bond acceptors (Lipinski definition) is 12. The minimum absolute atomic E-state index is 0.266. The predicted molar refractivity (Wildman–Crippen MR) is 183 cm³/mol. The number of methoxy groups -OCH3 is 1. The summed E-state index contributed by atoms with van der Waals surface area (Å²) in [5, 5.41) is 0. The van der Waals surface area contributed by atoms with E-state index in [1.807, 2.05) is 20.8 Å². The Bertz CT molecular complexity index is 1750. The average Bonchev–Trinajstić information content (AvgIpc) is 3.67. The summed E-state index contributed by atoms with van der Waals surface area (Å²) in [5.74, 6) is -7.67. The van der Waals surface area contributed by atoms with E-state index in [4.69, 9.17) is 32.8 Å². The summed E-state index contributed by atoms with van der Waals surface area (Å²) >= 11 is 0. The van der Waals surface area contributed by atoms with Crippen molar-refractivity contribution in [3.8, 4) is 0 Å². The summed E-state index contributed by atoms with van der Waals surface area (Å²) in [6.07, 6.45) is 5.09. The number of hydrogen-bond donors (Lipinski definition) is 0. The van der Waals surface area contributed by atoms with Gasteiger partial charge in [0, 0.05) is 39.4 Å². The van der Waals surface area contributed by atoms with Gasteiger partial charge >= 0.3 is 29.8 Å². The van der Waals surface area contributed by atoms with E-state index in [0.29, 0.717) is 35.1 Å². The summed E-state index contributed by atoms with van der Waals surface area (Å²) in [7, 11) is 1.23. The highest BCUT2D eigenvalue weighted by Crippen LogP contribution is 2.73. The predicted octanol–water partition coefficient (Wildman–Crippen LogP) is 6.11. The molecule has 2 aliphatic carbocycles. The zero-order chi connectivity index (χ0) is 38.1. The second kappa shape index (κ2) is 13.0. The van der Waals surface area contributed by atoms with Gasteiger partial charge in [0.15, 0.2) is 6.10 Å². The van der Waals surface area contributed by atoms with E-state index < -0.39 is 100.0 Å². The minimum Gasteiger partial charge on any atom is -0.472 e. The van der Waals surface area contributed by atoms with Gasteiger partial charge in [0.1, 0.15) is 6.10 Å². The molecule has 12 heteroatoms. The normalized spacial score (nSPS) is 36.8. The topological polar surface area (TPSA) is 154 Å². The molecule has 0 radical (unpaired) electrons. The summed E-state index contributed by atoms with van der Waals surface area (Å²) in [6, 6.07) is 1.76. The molecule has 3 aliphatic heterocycles. The molecule has 0 spiro atoms. The Hall–Kier alpha value is -4.19. The summed E-state index contributed by atoms with van der Waals surface area (Å²) in [5.41, 5.74) is -0.663. The maximum Gasteiger partial charge on any atom is 0.347 e. The average molecular weight is 723 g/mol. The molecule has 0 aromatic carbocycles. The lowest BCUT2D eigenvalue weighted by atomic mass is 9.50. The molecule has 6 rings (SSSR count). The standard InChI is InChI=1S/C40H50O12/c1-11-22(6)34(44)50-36-38(8)18-27-39(9,30(38)29(35(45)46-10)49-32(42)20(2)3)25-12-14-37(7)26(16-28(41)48-31(37)23-13-15-47-19-23)24(25)17-40(36,51-27)52-33(43)21(4)5/h11,13,15-17,19-21,25,27,29-31,36H,12,14,18H2,1-10H3/b22-11+/t25-,27-,29+,30+,31-,36-,37+,38+,39-,40+/m0/s1. The fourth-order valence-electron chi connectivity index (χ4n) is 9.68. The first-order chi connectivity index (χ1) is 24.4. The first-order valence-electron chi connectivity index (χ1n) is 18.1. The number of carbonyl (C=O) groups excluding carboxylic acids is 5. The van der Waals surface area contributed by atoms with E-state index in [2.05, 4.69) is 0 Å². The third kappa shape index (κ3) is 5.54. The molecule has 1 aromatic rings. The summed E-state index contributed by atoms with van der Waals surface area (Å²) < 4.78 is 42.7. The van der Waals surface area contributed by atoms with Crippen LogP contribution in [0.4, 0.5) is 0 Å². The molecule has 282 valence electrons. The molecule has 4 heterocycles. The van der Waals surface area contributed by atoms with Gasteiger partial charge in [-0.2, -0.15) is 0 Å². The molecular formula is C40H50O12. The maximum atomic E-state index is 13.9. The van der Waals surface area contributed by atoms with E-state index in [1.54, 1.807) is 66.0 Å². The van der Waals surface area contributed by atoms with Gasteiger partial charge in [0.05, 0.1) is 37.6 Å². The third-order valence-corrected chi connectivity index (χ3v) is 12.4. The zero-order valence-electron chi connectivity index (χ0n) is 31.6. The molecule has 10 atom stereocenters. The van der Waals surface area contributed by atoms with Crippen molar-refractivity contribution in [2.45, 2.75) is 112 Å². The van der Waals surface area contributed by atoms with Crippen LogP contribution >= 0.6 is 0 Å². The molecule has 12 nitrogen and oxygen atoms in total. The molecule has 0 amide bonds. The third-order valence-electron chi connectivity index (χ3n) is 12.4. The lowest BCUT2D eigenvalue weighted by molar-refractivity contribution is -0.306. The monoisotopic (exact) mass is 722 g/mol. The van der Waals surface area contributed by atoms with E-state index in [9.17, 15) is 24.0 Å². The largest absolute Gasteiger partial charge is 0.472 e. The van der Waals surface area contributed by atoms with Gasteiger partial charge in [0.2, 0.25) is 6.10 Å². The van der Waals surface area contributed by atoms with Gasteiger partial charge in [-0.05, 0) is 62.3 Å². The van der Waals surface area contributed by atoms with Crippen molar-refractivity contribution in [3.05, 3.63) is 59.1 Å². The molecular weight excluding hydrogens is 672 g/mol. The van der Waals surface area contributed by atoms with Crippen molar-refractivity contribution < 1.29 is 56.8 Å². The molecule has 1 saturated heterocycles. The Morgan fingerprint density at radius 1 is 1.02 bits per heavy atom. The number of allylic oxidation sites excluding steroid dienone is 2. The van der Waals surface area contributed by atoms with Crippen LogP contribution in [0.2, 0.25) is 0 Å². The number of cyclic esters (lactones) is 1. The number of furan rings is 1. The Morgan fingerprint density at radius 2 is 1.71 bits per heavy atom. The summed E-state index contributed by atoms with van der Waals surface area (Å²) in [4.78, 5) is 68.4. The Balaban J connectivity index is 1.67. The maximum absolute atomic E-state index is 13.9. The van der Waals surface area contributed by atoms with Crippen molar-refractivity contribution in [1.82, 2.24) is 0 Å². The van der Waals surface area contributed by atoms with Crippen LogP contribution in [-0.2, 0) is 52.4 Å². The van der Waals surface area contributed by atoms with Crippen molar-refractivity contribution in [3.63, 3.8) is 0 Å². The van der Waals surface area contributed by atoms with E-state index in [1.165, 1.54) is 19.4 Å². The lowest BCUT2D eigenvalue weighted by Crippen LogP contribution is -2.63. The number of fused-ring (bicyclic) bond motifs is 6. The van der Waals surface area contributed by atoms with Crippen molar-refractivity contribution in [2.75, 3.05) is 7.11 Å². The van der Waals surface area contributed by atoms with Crippen LogP contribution in [-0.4, -0.2) is 61.1 Å². The molecule has 0 N–H and O–H groups in total. The van der Waals surface area contributed by atoms with Crippen molar-refractivity contribution >= 4 is 29.8 Å². The lowest BCUT2D eigenvalue weighted by Gasteiger charge is -2.55. The van der Waals surface area contributed by atoms with Gasteiger partial charge in [0.25, 0.3) is 5.79 Å². The van der Waals surface area contributed by atoms with Crippen LogP contribution < -0.4 is 0 Å². The SMILES string of the molecule is C/C=C(\C)C(=O)O[C@@H]1[C@]2(OC(=O)C(C)C)C=C3C4=CC(=O)O[C@@H](c5ccoc5)[C@]4(C)CC[C@@H]3[C@@]3(C)[C@H](C[C@]1(C)[C@H]3[C@@H](OC(=O)C(C)C)C(=O)OC)O2. The van der Waals surface area contributed by atoms with Crippen LogP contribution in [0.5, 0.6) is 0 Å². The van der Waals surface area contributed by atoms with Gasteiger partial charge in [-0.15, -0.1) is 0 Å². The van der Waals surface area contributed by atoms with Gasteiger partial charge in [-0.1, -0.05) is 54.5 Å². The molecule has 5 aliphatic rings. The molecule has 2 saturated carbocycles. The Kier molecular flexibility index (Phi) is 9.42. The van der Waals surface area contributed by atoms with Gasteiger partial charge in [-0.25, -0.2) is 14.4 Å². The number of esters is 5. The fourth-order valence-corrected chi connectivity index (χ4v) is 9.68. The van der Waals surface area contributed by atoms with Crippen LogP contribution in [0, 0.1) is 39.9 Å². The highest BCUT2D eigenvalue weighted by Gasteiger charge is 2.78. The van der Waals surface area contributed by atoms with Gasteiger partial charge < -0.3 is 32.8 Å². The summed E-state index contributed by atoms with van der Waals surface area (Å²) in [6.45, 7) is 15.9. The second-order valence-electron chi connectivity index (χ2n) is 16.3.